The van der Waals surface area contributed by atoms with Crippen LogP contribution in [0.2, 0.25) is 0 Å². The first-order valence-corrected chi connectivity index (χ1v) is 5.66. The van der Waals surface area contributed by atoms with Gasteiger partial charge >= 0.3 is 5.97 Å². The van der Waals surface area contributed by atoms with Gasteiger partial charge in [0.1, 0.15) is 0 Å². The number of hydrogen-bond acceptors (Lipinski definition) is 3. The van der Waals surface area contributed by atoms with E-state index in [4.69, 9.17) is 9.84 Å². The van der Waals surface area contributed by atoms with Crippen LogP contribution in [0.25, 0.3) is 0 Å². The minimum absolute atomic E-state index is 0.245. The first kappa shape index (κ1) is 12.5. The van der Waals surface area contributed by atoms with Gasteiger partial charge in [-0.2, -0.15) is 0 Å². The second-order valence-electron chi connectivity index (χ2n) is 4.50. The average molecular weight is 215 g/mol. The number of carboxylic acid groups (broad SMARTS) is 1. The molecule has 1 heterocycles. The van der Waals surface area contributed by atoms with Crippen molar-refractivity contribution < 1.29 is 14.6 Å². The molecule has 2 atom stereocenters. The molecule has 0 saturated carbocycles. The third-order valence-corrected chi connectivity index (χ3v) is 2.63. The zero-order valence-electron chi connectivity index (χ0n) is 9.53. The summed E-state index contributed by atoms with van der Waals surface area (Å²) in [6.07, 6.45) is 2.49. The van der Waals surface area contributed by atoms with Gasteiger partial charge in [0.2, 0.25) is 0 Å². The van der Waals surface area contributed by atoms with E-state index in [1.165, 1.54) is 0 Å². The summed E-state index contributed by atoms with van der Waals surface area (Å²) >= 11 is 0. The van der Waals surface area contributed by atoms with Crippen molar-refractivity contribution >= 4 is 5.97 Å². The van der Waals surface area contributed by atoms with E-state index in [1.807, 2.05) is 13.8 Å². The molecule has 0 aromatic heterocycles. The molecule has 1 saturated heterocycles. The summed E-state index contributed by atoms with van der Waals surface area (Å²) in [5, 5.41) is 11.9. The van der Waals surface area contributed by atoms with Gasteiger partial charge in [-0.25, -0.2) is 0 Å². The summed E-state index contributed by atoms with van der Waals surface area (Å²) in [7, 11) is 0. The highest BCUT2D eigenvalue weighted by Crippen LogP contribution is 2.19. The molecule has 1 fully saturated rings. The van der Waals surface area contributed by atoms with Crippen LogP contribution >= 0.6 is 0 Å². The van der Waals surface area contributed by atoms with Crippen LogP contribution in [0.5, 0.6) is 0 Å². The van der Waals surface area contributed by atoms with Crippen LogP contribution in [0, 0.1) is 5.92 Å². The topological polar surface area (TPSA) is 58.6 Å². The van der Waals surface area contributed by atoms with E-state index >= 15 is 0 Å². The van der Waals surface area contributed by atoms with Crippen molar-refractivity contribution in [2.45, 2.75) is 45.3 Å². The lowest BCUT2D eigenvalue weighted by Gasteiger charge is -2.31. The Balaban J connectivity index is 2.25. The number of piperidine rings is 1. The van der Waals surface area contributed by atoms with Crippen molar-refractivity contribution in [3.8, 4) is 0 Å². The fraction of sp³-hybridized carbons (Fsp3) is 0.909. The SMILES string of the molecule is CC(C)O[C@@H]1CNC[C@H](CCC(=O)O)C1. The highest BCUT2D eigenvalue weighted by molar-refractivity contribution is 5.66. The molecule has 4 nitrogen and oxygen atoms in total. The van der Waals surface area contributed by atoms with Crippen LogP contribution < -0.4 is 5.32 Å². The van der Waals surface area contributed by atoms with E-state index in [1.54, 1.807) is 0 Å². The minimum atomic E-state index is -0.707. The Labute approximate surface area is 91.0 Å². The summed E-state index contributed by atoms with van der Waals surface area (Å²) in [6.45, 7) is 5.87. The summed E-state index contributed by atoms with van der Waals surface area (Å²) < 4.78 is 5.72. The molecule has 0 amide bonds. The lowest BCUT2D eigenvalue weighted by atomic mass is 9.93. The fourth-order valence-corrected chi connectivity index (χ4v) is 2.02. The molecule has 1 aliphatic heterocycles. The van der Waals surface area contributed by atoms with Gasteiger partial charge in [-0.15, -0.1) is 0 Å². The van der Waals surface area contributed by atoms with E-state index in [-0.39, 0.29) is 18.6 Å². The number of carbonyl (C=O) groups is 1. The molecule has 4 heteroatoms. The fourth-order valence-electron chi connectivity index (χ4n) is 2.02. The number of nitrogens with one attached hydrogen (secondary N) is 1. The predicted molar refractivity (Wildman–Crippen MR) is 57.9 cm³/mol. The molecule has 0 unspecified atom stereocenters. The van der Waals surface area contributed by atoms with E-state index in [0.717, 1.165) is 25.9 Å². The van der Waals surface area contributed by atoms with Crippen molar-refractivity contribution in [3.05, 3.63) is 0 Å². The van der Waals surface area contributed by atoms with Crippen LogP contribution in [0.15, 0.2) is 0 Å². The van der Waals surface area contributed by atoms with Crippen molar-refractivity contribution in [2.24, 2.45) is 5.92 Å². The highest BCUT2D eigenvalue weighted by atomic mass is 16.5. The standard InChI is InChI=1S/C11H21NO3/c1-8(2)15-10-5-9(6-12-7-10)3-4-11(13)14/h8-10,12H,3-7H2,1-2H3,(H,13,14)/t9-,10+/m1/s1. The highest BCUT2D eigenvalue weighted by Gasteiger charge is 2.23. The second kappa shape index (κ2) is 6.08. The third kappa shape index (κ3) is 5.14. The summed E-state index contributed by atoms with van der Waals surface area (Å²) in [6, 6.07) is 0. The van der Waals surface area contributed by atoms with Gasteiger partial charge in [0, 0.05) is 13.0 Å². The number of aliphatic carboxylic acids is 1. The van der Waals surface area contributed by atoms with Gasteiger partial charge in [-0.3, -0.25) is 4.79 Å². The molecule has 88 valence electrons. The summed E-state index contributed by atoms with van der Waals surface area (Å²) in [5.74, 6) is -0.263. The maximum atomic E-state index is 10.4. The van der Waals surface area contributed by atoms with Crippen molar-refractivity contribution in [1.82, 2.24) is 5.32 Å². The van der Waals surface area contributed by atoms with Crippen LogP contribution in [-0.2, 0) is 9.53 Å². The number of hydrogen-bond donors (Lipinski definition) is 2. The molecule has 0 aromatic rings. The number of rotatable bonds is 5. The first-order chi connectivity index (χ1) is 7.08. The summed E-state index contributed by atoms with van der Waals surface area (Å²) in [5.41, 5.74) is 0. The molecule has 0 aromatic carbocycles. The Morgan fingerprint density at radius 3 is 2.87 bits per heavy atom. The van der Waals surface area contributed by atoms with Crippen LogP contribution in [0.1, 0.15) is 33.1 Å². The maximum absolute atomic E-state index is 10.4. The minimum Gasteiger partial charge on any atom is -0.481 e. The third-order valence-electron chi connectivity index (χ3n) is 2.63. The molecule has 0 radical (unpaired) electrons. The molecule has 15 heavy (non-hydrogen) atoms. The van der Waals surface area contributed by atoms with Gasteiger partial charge in [0.25, 0.3) is 0 Å². The maximum Gasteiger partial charge on any atom is 0.303 e. The quantitative estimate of drug-likeness (QED) is 0.724. The zero-order chi connectivity index (χ0) is 11.3. The Hall–Kier alpha value is -0.610. The molecular formula is C11H21NO3. The van der Waals surface area contributed by atoms with Gasteiger partial charge in [-0.1, -0.05) is 0 Å². The summed E-state index contributed by atoms with van der Waals surface area (Å²) in [4.78, 5) is 10.4. The first-order valence-electron chi connectivity index (χ1n) is 5.66. The predicted octanol–water partition coefficient (Wildman–Crippen LogP) is 1.25. The Morgan fingerprint density at radius 1 is 1.53 bits per heavy atom. The largest absolute Gasteiger partial charge is 0.481 e. The second-order valence-corrected chi connectivity index (χ2v) is 4.50. The van der Waals surface area contributed by atoms with Gasteiger partial charge < -0.3 is 15.2 Å². The molecule has 2 N–H and O–H groups in total. The monoisotopic (exact) mass is 215 g/mol. The van der Waals surface area contributed by atoms with E-state index in [2.05, 4.69) is 5.32 Å². The van der Waals surface area contributed by atoms with Gasteiger partial charge in [0.05, 0.1) is 12.2 Å². The van der Waals surface area contributed by atoms with Crippen molar-refractivity contribution in [1.29, 1.82) is 0 Å². The van der Waals surface area contributed by atoms with Gasteiger partial charge in [-0.05, 0) is 39.2 Å². The zero-order valence-corrected chi connectivity index (χ0v) is 9.53. The normalized spacial score (nSPS) is 26.9. The van der Waals surface area contributed by atoms with Crippen LogP contribution in [0.4, 0.5) is 0 Å². The van der Waals surface area contributed by atoms with Crippen LogP contribution in [0.3, 0.4) is 0 Å². The molecular weight excluding hydrogens is 194 g/mol. The molecule has 0 bridgehead atoms. The van der Waals surface area contributed by atoms with Crippen molar-refractivity contribution in [3.63, 3.8) is 0 Å². The molecule has 0 aliphatic carbocycles. The van der Waals surface area contributed by atoms with E-state index in [0.29, 0.717) is 5.92 Å². The van der Waals surface area contributed by atoms with Crippen LogP contribution in [-0.4, -0.2) is 36.4 Å². The Bertz CT molecular complexity index is 206. The average Bonchev–Trinajstić information content (AvgIpc) is 2.14. The number of carboxylic acids is 1. The number of ether oxygens (including phenoxy) is 1. The van der Waals surface area contributed by atoms with E-state index in [9.17, 15) is 4.79 Å². The van der Waals surface area contributed by atoms with Gasteiger partial charge in [0.15, 0.2) is 0 Å². The Morgan fingerprint density at radius 2 is 2.27 bits per heavy atom. The smallest absolute Gasteiger partial charge is 0.303 e. The molecule has 1 rings (SSSR count). The van der Waals surface area contributed by atoms with Crippen molar-refractivity contribution in [2.75, 3.05) is 13.1 Å². The Kier molecular flexibility index (Phi) is 5.05. The molecule has 0 spiro atoms. The van der Waals surface area contributed by atoms with E-state index < -0.39 is 5.97 Å². The molecule has 1 aliphatic rings. The lowest BCUT2D eigenvalue weighted by Crippen LogP contribution is -2.41. The lowest BCUT2D eigenvalue weighted by molar-refractivity contribution is -0.137.